The molecule has 1 amide bonds. The number of rotatable bonds is 3. The van der Waals surface area contributed by atoms with Gasteiger partial charge in [0.1, 0.15) is 11.3 Å². The van der Waals surface area contributed by atoms with E-state index in [0.717, 1.165) is 0 Å². The standard InChI is InChI=1S/C20H19ClN4O4/c1-12-13-9-15(21)16(26)11-17(13)29-19(28)14(12)10-18(27)24-5-7-25(8-6-24)20-22-3-2-4-23-20/h2-4,9,11,26H,5-8,10H2,1H3. The van der Waals surface area contributed by atoms with E-state index in [4.69, 9.17) is 16.0 Å². The van der Waals surface area contributed by atoms with Crippen molar-refractivity contribution in [3.63, 3.8) is 0 Å². The smallest absolute Gasteiger partial charge is 0.340 e. The highest BCUT2D eigenvalue weighted by molar-refractivity contribution is 6.32. The number of halogens is 1. The van der Waals surface area contributed by atoms with Crippen LogP contribution in [0, 0.1) is 6.92 Å². The van der Waals surface area contributed by atoms with Crippen molar-refractivity contribution in [1.29, 1.82) is 0 Å². The summed E-state index contributed by atoms with van der Waals surface area (Å²) in [6.07, 6.45) is 3.33. The Morgan fingerprint density at radius 3 is 2.59 bits per heavy atom. The van der Waals surface area contributed by atoms with Gasteiger partial charge in [-0.05, 0) is 24.6 Å². The molecule has 3 aromatic rings. The number of amides is 1. The number of fused-ring (bicyclic) bond motifs is 1. The average molecular weight is 415 g/mol. The molecular weight excluding hydrogens is 396 g/mol. The number of aromatic hydroxyl groups is 1. The fourth-order valence-electron chi connectivity index (χ4n) is 3.48. The van der Waals surface area contributed by atoms with E-state index in [1.54, 1.807) is 30.3 Å². The van der Waals surface area contributed by atoms with Gasteiger partial charge in [0.05, 0.1) is 17.0 Å². The Morgan fingerprint density at radius 2 is 1.90 bits per heavy atom. The lowest BCUT2D eigenvalue weighted by Crippen LogP contribution is -2.49. The molecule has 3 heterocycles. The normalized spacial score (nSPS) is 14.4. The fourth-order valence-corrected chi connectivity index (χ4v) is 3.64. The van der Waals surface area contributed by atoms with Crippen molar-refractivity contribution in [3.8, 4) is 5.75 Å². The Kier molecular flexibility index (Phi) is 5.10. The van der Waals surface area contributed by atoms with Crippen molar-refractivity contribution >= 4 is 34.4 Å². The van der Waals surface area contributed by atoms with Crippen molar-refractivity contribution in [3.05, 3.63) is 57.2 Å². The van der Waals surface area contributed by atoms with Gasteiger partial charge in [0.25, 0.3) is 0 Å². The van der Waals surface area contributed by atoms with Gasteiger partial charge in [-0.3, -0.25) is 4.79 Å². The molecule has 0 bridgehead atoms. The molecular formula is C20H19ClN4O4. The number of carbonyl (C=O) groups excluding carboxylic acids is 1. The SMILES string of the molecule is Cc1c(CC(=O)N2CCN(c3ncccn3)CC2)c(=O)oc2cc(O)c(Cl)cc12. The summed E-state index contributed by atoms with van der Waals surface area (Å²) in [5.74, 6) is 0.342. The lowest BCUT2D eigenvalue weighted by atomic mass is 10.0. The van der Waals surface area contributed by atoms with E-state index in [-0.39, 0.29) is 28.7 Å². The van der Waals surface area contributed by atoms with E-state index >= 15 is 0 Å². The summed E-state index contributed by atoms with van der Waals surface area (Å²) < 4.78 is 5.30. The Hall–Kier alpha value is -3.13. The third kappa shape index (κ3) is 3.75. The van der Waals surface area contributed by atoms with Gasteiger partial charge in [0, 0.05) is 50.0 Å². The molecule has 0 radical (unpaired) electrons. The van der Waals surface area contributed by atoms with Crippen LogP contribution >= 0.6 is 11.6 Å². The number of anilines is 1. The first-order valence-corrected chi connectivity index (χ1v) is 9.56. The maximum Gasteiger partial charge on any atom is 0.340 e. The van der Waals surface area contributed by atoms with E-state index in [1.807, 2.05) is 4.90 Å². The van der Waals surface area contributed by atoms with Crippen molar-refractivity contribution in [2.45, 2.75) is 13.3 Å². The molecule has 0 atom stereocenters. The highest BCUT2D eigenvalue weighted by Crippen LogP contribution is 2.31. The molecule has 0 aliphatic carbocycles. The minimum absolute atomic E-state index is 0.0512. The van der Waals surface area contributed by atoms with Crippen molar-refractivity contribution in [1.82, 2.24) is 14.9 Å². The summed E-state index contributed by atoms with van der Waals surface area (Å²) in [5, 5.41) is 10.5. The van der Waals surface area contributed by atoms with Gasteiger partial charge >= 0.3 is 5.63 Å². The van der Waals surface area contributed by atoms with Gasteiger partial charge in [-0.15, -0.1) is 0 Å². The number of nitrogens with zero attached hydrogens (tertiary/aromatic N) is 4. The van der Waals surface area contributed by atoms with Crippen LogP contribution in [-0.2, 0) is 11.2 Å². The molecule has 1 aliphatic heterocycles. The molecule has 1 saturated heterocycles. The quantitative estimate of drug-likeness (QED) is 0.655. The van der Waals surface area contributed by atoms with Crippen molar-refractivity contribution < 1.29 is 14.3 Å². The number of aromatic nitrogens is 2. The number of benzene rings is 1. The maximum atomic E-state index is 12.8. The van der Waals surface area contributed by atoms with Crippen LogP contribution in [0.3, 0.4) is 0 Å². The molecule has 1 fully saturated rings. The zero-order valence-electron chi connectivity index (χ0n) is 15.8. The summed E-state index contributed by atoms with van der Waals surface area (Å²) in [6.45, 7) is 4.04. The molecule has 29 heavy (non-hydrogen) atoms. The molecule has 150 valence electrons. The van der Waals surface area contributed by atoms with E-state index in [0.29, 0.717) is 48.6 Å². The fraction of sp³-hybridized carbons (Fsp3) is 0.300. The van der Waals surface area contributed by atoms with E-state index < -0.39 is 5.63 Å². The summed E-state index contributed by atoms with van der Waals surface area (Å²) >= 11 is 5.98. The summed E-state index contributed by atoms with van der Waals surface area (Å²) in [5.41, 5.74) is 0.587. The first kappa shape index (κ1) is 19.2. The Labute approximate surface area is 171 Å². The van der Waals surface area contributed by atoms with Crippen molar-refractivity contribution in [2.24, 2.45) is 0 Å². The molecule has 1 aromatic carbocycles. The first-order valence-electron chi connectivity index (χ1n) is 9.18. The lowest BCUT2D eigenvalue weighted by Gasteiger charge is -2.34. The van der Waals surface area contributed by atoms with Crippen LogP contribution < -0.4 is 10.5 Å². The predicted molar refractivity (Wildman–Crippen MR) is 108 cm³/mol. The Balaban J connectivity index is 1.51. The average Bonchev–Trinajstić information content (AvgIpc) is 2.73. The van der Waals surface area contributed by atoms with Crippen LogP contribution in [0.15, 0.2) is 39.8 Å². The number of piperazine rings is 1. The minimum Gasteiger partial charge on any atom is -0.506 e. The number of hydrogen-bond acceptors (Lipinski definition) is 7. The molecule has 0 unspecified atom stereocenters. The van der Waals surface area contributed by atoms with Crippen LogP contribution in [-0.4, -0.2) is 52.1 Å². The number of phenols is 1. The van der Waals surface area contributed by atoms with Gasteiger partial charge in [-0.1, -0.05) is 11.6 Å². The van der Waals surface area contributed by atoms with Gasteiger partial charge in [0.2, 0.25) is 11.9 Å². The van der Waals surface area contributed by atoms with E-state index in [2.05, 4.69) is 9.97 Å². The van der Waals surface area contributed by atoms with Gasteiger partial charge in [0.15, 0.2) is 0 Å². The largest absolute Gasteiger partial charge is 0.506 e. The highest BCUT2D eigenvalue weighted by Gasteiger charge is 2.24. The van der Waals surface area contributed by atoms with Gasteiger partial charge in [-0.2, -0.15) is 0 Å². The van der Waals surface area contributed by atoms with Gasteiger partial charge in [-0.25, -0.2) is 14.8 Å². The number of aryl methyl sites for hydroxylation is 1. The number of carbonyl (C=O) groups is 1. The highest BCUT2D eigenvalue weighted by atomic mass is 35.5. The van der Waals surface area contributed by atoms with Gasteiger partial charge < -0.3 is 19.3 Å². The monoisotopic (exact) mass is 414 g/mol. The minimum atomic E-state index is -0.582. The maximum absolute atomic E-state index is 12.8. The third-order valence-corrected chi connectivity index (χ3v) is 5.45. The second-order valence-corrected chi connectivity index (χ2v) is 7.29. The second-order valence-electron chi connectivity index (χ2n) is 6.89. The lowest BCUT2D eigenvalue weighted by molar-refractivity contribution is -0.130. The topological polar surface area (TPSA) is 99.8 Å². The molecule has 8 nitrogen and oxygen atoms in total. The molecule has 9 heteroatoms. The van der Waals surface area contributed by atoms with E-state index in [9.17, 15) is 14.7 Å². The summed E-state index contributed by atoms with van der Waals surface area (Å²) in [6, 6.07) is 4.61. The van der Waals surface area contributed by atoms with Crippen LogP contribution in [0.1, 0.15) is 11.1 Å². The van der Waals surface area contributed by atoms with Crippen LogP contribution in [0.5, 0.6) is 5.75 Å². The molecule has 0 spiro atoms. The predicted octanol–water partition coefficient (Wildman–Crippen LogP) is 2.14. The molecule has 4 rings (SSSR count). The van der Waals surface area contributed by atoms with Crippen LogP contribution in [0.25, 0.3) is 11.0 Å². The number of phenolic OH excluding ortho intramolecular Hbond substituents is 1. The second kappa shape index (κ2) is 7.71. The Morgan fingerprint density at radius 1 is 1.21 bits per heavy atom. The zero-order chi connectivity index (χ0) is 20.5. The van der Waals surface area contributed by atoms with Crippen molar-refractivity contribution in [2.75, 3.05) is 31.1 Å². The van der Waals surface area contributed by atoms with E-state index in [1.165, 1.54) is 12.1 Å². The number of hydrogen-bond donors (Lipinski definition) is 1. The first-order chi connectivity index (χ1) is 13.9. The molecule has 1 N–H and O–H groups in total. The Bertz CT molecular complexity index is 1120. The van der Waals surface area contributed by atoms with Crippen LogP contribution in [0.4, 0.5) is 5.95 Å². The van der Waals surface area contributed by atoms with Crippen LogP contribution in [0.2, 0.25) is 5.02 Å². The molecule has 1 aliphatic rings. The summed E-state index contributed by atoms with van der Waals surface area (Å²) in [4.78, 5) is 37.4. The molecule has 2 aromatic heterocycles. The zero-order valence-corrected chi connectivity index (χ0v) is 16.5. The summed E-state index contributed by atoms with van der Waals surface area (Å²) in [7, 11) is 0. The third-order valence-electron chi connectivity index (χ3n) is 5.15. The molecule has 0 saturated carbocycles.